The lowest BCUT2D eigenvalue weighted by molar-refractivity contribution is -0.129. The van der Waals surface area contributed by atoms with Crippen molar-refractivity contribution in [2.45, 2.75) is 25.9 Å². The van der Waals surface area contributed by atoms with E-state index in [1.807, 2.05) is 66.6 Å². The first-order valence-electron chi connectivity index (χ1n) is 16.7. The second-order valence-electron chi connectivity index (χ2n) is 12.4. The molecule has 13 heteroatoms. The number of hydrogen-bond donors (Lipinski definition) is 0. The van der Waals surface area contributed by atoms with E-state index >= 15 is 4.39 Å². The van der Waals surface area contributed by atoms with Gasteiger partial charge < -0.3 is 19.1 Å². The smallest absolute Gasteiger partial charge is 0.246 e. The van der Waals surface area contributed by atoms with Crippen molar-refractivity contribution < 1.29 is 27.8 Å². The molecule has 1 atom stereocenters. The number of rotatable bonds is 2. The summed E-state index contributed by atoms with van der Waals surface area (Å²) in [6.07, 6.45) is 7.82. The van der Waals surface area contributed by atoms with Gasteiger partial charge in [-0.05, 0) is 43.0 Å². The molecule has 0 fully saturated rings. The van der Waals surface area contributed by atoms with Gasteiger partial charge in [-0.25, -0.2) is 13.8 Å². The molecule has 260 valence electrons. The van der Waals surface area contributed by atoms with Gasteiger partial charge in [-0.1, -0.05) is 18.7 Å². The number of carbonyl (C=O) groups excluding carboxylic acids is 1. The molecule has 0 spiro atoms. The molecule has 0 unspecified atom stereocenters. The predicted molar refractivity (Wildman–Crippen MR) is 192 cm³/mol. The Morgan fingerprint density at radius 3 is 2.75 bits per heavy atom. The first-order valence-corrected chi connectivity index (χ1v) is 17.6. The van der Waals surface area contributed by atoms with E-state index in [2.05, 4.69) is 11.7 Å². The number of aromatic nitrogens is 5. The minimum atomic E-state index is -0.795. The lowest BCUT2D eigenvalue weighted by Gasteiger charge is -2.33. The highest BCUT2D eigenvalue weighted by molar-refractivity contribution is 7.18. The van der Waals surface area contributed by atoms with Gasteiger partial charge in [0, 0.05) is 64.6 Å². The number of hydrogen-bond acceptors (Lipinski definition) is 8. The molecule has 0 N–H and O–H groups in total. The summed E-state index contributed by atoms with van der Waals surface area (Å²) in [5, 5.41) is 13.2. The number of ether oxygens (including phenoxy) is 3. The molecule has 0 saturated heterocycles. The van der Waals surface area contributed by atoms with Crippen LogP contribution in [0, 0.1) is 11.6 Å². The monoisotopic (exact) mass is 708 g/mol. The maximum absolute atomic E-state index is 16.3. The highest BCUT2D eigenvalue weighted by atomic mass is 32.1. The van der Waals surface area contributed by atoms with Crippen LogP contribution in [0.5, 0.6) is 11.5 Å². The number of fused-ring (bicyclic) bond motifs is 6. The largest absolute Gasteiger partial charge is 0.490 e. The lowest BCUT2D eigenvalue weighted by atomic mass is 9.95. The number of nitrogens with zero attached hydrogens (tertiary/aromatic N) is 6. The number of benzene rings is 2. The highest BCUT2D eigenvalue weighted by Crippen LogP contribution is 2.49. The van der Waals surface area contributed by atoms with Crippen LogP contribution in [0.3, 0.4) is 0 Å². The highest BCUT2D eigenvalue weighted by Gasteiger charge is 2.32. The Morgan fingerprint density at radius 1 is 1.00 bits per heavy atom. The first kappa shape index (κ1) is 32.8. The van der Waals surface area contributed by atoms with Crippen LogP contribution in [0.2, 0.25) is 0 Å². The third-order valence-electron chi connectivity index (χ3n) is 9.23. The number of amides is 1. The van der Waals surface area contributed by atoms with E-state index < -0.39 is 11.6 Å². The Kier molecular flexibility index (Phi) is 8.60. The number of pyridine rings is 1. The van der Waals surface area contributed by atoms with Crippen LogP contribution in [0.1, 0.15) is 25.1 Å². The van der Waals surface area contributed by atoms with Crippen LogP contribution in [-0.2, 0) is 23.1 Å². The molecule has 0 aliphatic carbocycles. The van der Waals surface area contributed by atoms with Crippen LogP contribution in [-0.4, -0.2) is 68.3 Å². The number of carbonyl (C=O) groups is 1. The van der Waals surface area contributed by atoms with E-state index in [1.54, 1.807) is 9.58 Å². The van der Waals surface area contributed by atoms with Gasteiger partial charge in [-0.15, -0.1) is 11.3 Å². The van der Waals surface area contributed by atoms with Crippen molar-refractivity contribution in [3.8, 4) is 45.3 Å². The molecule has 2 aliphatic heterocycles. The average Bonchev–Trinajstić information content (AvgIpc) is 3.86. The van der Waals surface area contributed by atoms with Crippen molar-refractivity contribution in [3.05, 3.63) is 90.1 Å². The molecule has 51 heavy (non-hydrogen) atoms. The van der Waals surface area contributed by atoms with Crippen molar-refractivity contribution in [2.75, 3.05) is 33.0 Å². The zero-order valence-corrected chi connectivity index (χ0v) is 28.9. The SMILES string of the molecule is C=CC(=O)N1CCn2nc(-c3nc4c5ccsc5c3-c3c(F)cc(F)cc3OCCOCC/C=C/COc3cc5nn(C)cc5cc3-4)cc2[C@@H]1C. The zero-order valence-electron chi connectivity index (χ0n) is 28.1. The summed E-state index contributed by atoms with van der Waals surface area (Å²) < 4.78 is 53.7. The summed E-state index contributed by atoms with van der Waals surface area (Å²) in [4.78, 5) is 19.8. The van der Waals surface area contributed by atoms with Gasteiger partial charge in [0.1, 0.15) is 47.7 Å². The van der Waals surface area contributed by atoms with Crippen LogP contribution in [0.4, 0.5) is 8.78 Å². The quantitative estimate of drug-likeness (QED) is 0.136. The Hall–Kier alpha value is -5.40. The van der Waals surface area contributed by atoms with E-state index in [4.69, 9.17) is 24.3 Å². The van der Waals surface area contributed by atoms with Gasteiger partial charge in [0.25, 0.3) is 0 Å². The van der Waals surface area contributed by atoms with Gasteiger partial charge in [0.2, 0.25) is 5.91 Å². The molecule has 2 aliphatic rings. The van der Waals surface area contributed by atoms with E-state index in [9.17, 15) is 9.18 Å². The first-order chi connectivity index (χ1) is 24.8. The van der Waals surface area contributed by atoms with Crippen LogP contribution < -0.4 is 9.47 Å². The van der Waals surface area contributed by atoms with Crippen molar-refractivity contribution in [1.29, 1.82) is 0 Å². The standard InChI is InChI=1S/C38H34F2N6O4S/c1-4-33(47)45-9-10-46-30(22(45)2)19-29(43-46)37-35-34-27(40)17-24(39)18-32(34)50-14-13-48-11-6-5-7-12-49-31-20-28-23(21-44(3)42-28)16-26(31)36(41-37)25-8-15-51-38(25)35/h4-5,7-8,15-22H,1,6,9-14H2,2-3H3/b7-5+/t22-/m0/s1. The van der Waals surface area contributed by atoms with Crippen LogP contribution in [0.25, 0.3) is 54.8 Å². The fourth-order valence-electron chi connectivity index (χ4n) is 6.86. The Morgan fingerprint density at radius 2 is 1.88 bits per heavy atom. The average molecular weight is 709 g/mol. The maximum atomic E-state index is 16.3. The van der Waals surface area contributed by atoms with E-state index in [-0.39, 0.29) is 36.5 Å². The third kappa shape index (κ3) is 5.95. The Bertz CT molecular complexity index is 2360. The Labute approximate surface area is 296 Å². The molecule has 6 heterocycles. The Balaban J connectivity index is 1.43. The molecule has 10 nitrogen and oxygen atoms in total. The summed E-state index contributed by atoms with van der Waals surface area (Å²) in [5.74, 6) is -1.13. The second-order valence-corrected chi connectivity index (χ2v) is 13.4. The fraction of sp³-hybridized carbons (Fsp3) is 0.263. The molecule has 1 amide bonds. The molecule has 8 rings (SSSR count). The summed E-state index contributed by atoms with van der Waals surface area (Å²) in [6, 6.07) is 9.48. The van der Waals surface area contributed by atoms with Crippen molar-refractivity contribution >= 4 is 38.2 Å². The zero-order chi connectivity index (χ0) is 35.2. The van der Waals surface area contributed by atoms with Gasteiger partial charge in [0.15, 0.2) is 0 Å². The van der Waals surface area contributed by atoms with Gasteiger partial charge in [-0.3, -0.25) is 14.2 Å². The van der Waals surface area contributed by atoms with Crippen LogP contribution >= 0.6 is 11.3 Å². The molecule has 4 aromatic heterocycles. The molecule has 0 saturated carbocycles. The summed E-state index contributed by atoms with van der Waals surface area (Å²) >= 11 is 1.42. The molecular weight excluding hydrogens is 675 g/mol. The minimum Gasteiger partial charge on any atom is -0.490 e. The second kappa shape index (κ2) is 13.4. The van der Waals surface area contributed by atoms with Crippen LogP contribution in [0.15, 0.2) is 72.8 Å². The summed E-state index contributed by atoms with van der Waals surface area (Å²) in [6.45, 7) is 7.55. The summed E-state index contributed by atoms with van der Waals surface area (Å²) in [7, 11) is 1.86. The fourth-order valence-corrected chi connectivity index (χ4v) is 7.81. The van der Waals surface area contributed by atoms with Crippen molar-refractivity contribution in [2.24, 2.45) is 7.05 Å². The number of thiophene rings is 1. The molecule has 2 aromatic carbocycles. The predicted octanol–water partition coefficient (Wildman–Crippen LogP) is 7.48. The molecule has 0 radical (unpaired) electrons. The third-order valence-corrected chi connectivity index (χ3v) is 10.2. The minimum absolute atomic E-state index is 0.0310. The summed E-state index contributed by atoms with van der Waals surface area (Å²) in [5.41, 5.74) is 4.23. The molecular formula is C38H34F2N6O4S. The molecule has 6 aromatic rings. The topological polar surface area (TPSA) is 96.5 Å². The van der Waals surface area contributed by atoms with E-state index in [1.165, 1.54) is 23.5 Å². The maximum Gasteiger partial charge on any atom is 0.246 e. The van der Waals surface area contributed by atoms with Gasteiger partial charge in [-0.2, -0.15) is 10.2 Å². The normalized spacial score (nSPS) is 17.2. The lowest BCUT2D eigenvalue weighted by Crippen LogP contribution is -2.40. The van der Waals surface area contributed by atoms with Gasteiger partial charge in [0.05, 0.1) is 48.3 Å². The van der Waals surface area contributed by atoms with E-state index in [0.717, 1.165) is 33.6 Å². The number of halogens is 2. The van der Waals surface area contributed by atoms with Gasteiger partial charge >= 0.3 is 0 Å². The van der Waals surface area contributed by atoms with E-state index in [0.29, 0.717) is 65.8 Å². The van der Waals surface area contributed by atoms with Crippen molar-refractivity contribution in [3.63, 3.8) is 0 Å². The molecule has 2 bridgehead atoms. The number of aryl methyl sites for hydroxylation is 1. The van der Waals surface area contributed by atoms with Crippen molar-refractivity contribution in [1.82, 2.24) is 29.4 Å².